The Morgan fingerprint density at radius 2 is 1.87 bits per heavy atom. The first-order valence-electron chi connectivity index (χ1n) is 7.92. The summed E-state index contributed by atoms with van der Waals surface area (Å²) in [5.41, 5.74) is 0.997. The molecule has 6 heteroatoms. The van der Waals surface area contributed by atoms with Crippen LogP contribution in [0.1, 0.15) is 18.4 Å². The number of hydrogen-bond donors (Lipinski definition) is 2. The van der Waals surface area contributed by atoms with Gasteiger partial charge >= 0.3 is 0 Å². The van der Waals surface area contributed by atoms with Crippen molar-refractivity contribution in [1.82, 2.24) is 10.6 Å². The number of methoxy groups -OCH3 is 2. The molecule has 0 saturated carbocycles. The maximum atomic E-state index is 5.72. The average molecular weight is 321 g/mol. The molecule has 0 amide bonds. The highest BCUT2D eigenvalue weighted by Gasteiger charge is 2.32. The SMILES string of the molecule is CN=C(NCc1ccc(OC)cc1)NCC1(OC)CCOCC1. The van der Waals surface area contributed by atoms with Crippen LogP contribution in [-0.2, 0) is 16.0 Å². The third-order valence-corrected chi connectivity index (χ3v) is 4.26. The van der Waals surface area contributed by atoms with Crippen LogP contribution in [0.25, 0.3) is 0 Å². The molecule has 0 spiro atoms. The lowest BCUT2D eigenvalue weighted by atomic mass is 9.94. The lowest BCUT2D eigenvalue weighted by molar-refractivity contribution is -0.0855. The molecule has 1 aromatic rings. The molecular formula is C17H27N3O3. The largest absolute Gasteiger partial charge is 0.497 e. The van der Waals surface area contributed by atoms with Gasteiger partial charge in [0, 0.05) is 53.3 Å². The third-order valence-electron chi connectivity index (χ3n) is 4.26. The van der Waals surface area contributed by atoms with Crippen LogP contribution in [0.3, 0.4) is 0 Å². The van der Waals surface area contributed by atoms with Crippen molar-refractivity contribution >= 4 is 5.96 Å². The summed E-state index contributed by atoms with van der Waals surface area (Å²) in [5.74, 6) is 1.63. The van der Waals surface area contributed by atoms with Gasteiger partial charge in [-0.15, -0.1) is 0 Å². The van der Waals surface area contributed by atoms with E-state index in [2.05, 4.69) is 15.6 Å². The monoisotopic (exact) mass is 321 g/mol. The molecule has 0 unspecified atom stereocenters. The van der Waals surface area contributed by atoms with Gasteiger partial charge in [0.2, 0.25) is 0 Å². The van der Waals surface area contributed by atoms with E-state index >= 15 is 0 Å². The molecular weight excluding hydrogens is 294 g/mol. The van der Waals surface area contributed by atoms with Crippen molar-refractivity contribution in [1.29, 1.82) is 0 Å². The van der Waals surface area contributed by atoms with Crippen LogP contribution >= 0.6 is 0 Å². The molecule has 2 rings (SSSR count). The second kappa shape index (κ2) is 8.74. The zero-order chi connectivity index (χ0) is 16.5. The van der Waals surface area contributed by atoms with Crippen molar-refractivity contribution in [2.24, 2.45) is 4.99 Å². The van der Waals surface area contributed by atoms with Gasteiger partial charge < -0.3 is 24.8 Å². The molecule has 0 aromatic heterocycles. The Bertz CT molecular complexity index is 496. The molecule has 0 radical (unpaired) electrons. The molecule has 1 saturated heterocycles. The van der Waals surface area contributed by atoms with E-state index in [0.717, 1.165) is 44.3 Å². The van der Waals surface area contributed by atoms with Gasteiger partial charge in [-0.2, -0.15) is 0 Å². The van der Waals surface area contributed by atoms with E-state index in [1.54, 1.807) is 21.3 Å². The average Bonchev–Trinajstić information content (AvgIpc) is 2.63. The summed E-state index contributed by atoms with van der Waals surface area (Å²) in [7, 11) is 5.20. The third kappa shape index (κ3) is 5.11. The maximum Gasteiger partial charge on any atom is 0.191 e. The van der Waals surface area contributed by atoms with Crippen LogP contribution < -0.4 is 15.4 Å². The summed E-state index contributed by atoms with van der Waals surface area (Å²) in [4.78, 5) is 4.27. The maximum absolute atomic E-state index is 5.72. The minimum Gasteiger partial charge on any atom is -0.497 e. The van der Waals surface area contributed by atoms with Gasteiger partial charge in [0.1, 0.15) is 5.75 Å². The highest BCUT2D eigenvalue weighted by Crippen LogP contribution is 2.23. The van der Waals surface area contributed by atoms with Crippen molar-refractivity contribution < 1.29 is 14.2 Å². The standard InChI is InChI=1S/C17H27N3O3/c1-18-16(19-12-14-4-6-15(21-2)7-5-14)20-13-17(22-3)8-10-23-11-9-17/h4-7H,8-13H2,1-3H3,(H2,18,19,20). The van der Waals surface area contributed by atoms with E-state index in [0.29, 0.717) is 6.54 Å². The summed E-state index contributed by atoms with van der Waals surface area (Å²) >= 11 is 0. The zero-order valence-electron chi connectivity index (χ0n) is 14.2. The van der Waals surface area contributed by atoms with E-state index in [9.17, 15) is 0 Å². The second-order valence-corrected chi connectivity index (χ2v) is 5.63. The lowest BCUT2D eigenvalue weighted by Crippen LogP contribution is -2.50. The van der Waals surface area contributed by atoms with Crippen LogP contribution in [0.2, 0.25) is 0 Å². The zero-order valence-corrected chi connectivity index (χ0v) is 14.2. The minimum absolute atomic E-state index is 0.171. The Morgan fingerprint density at radius 3 is 2.43 bits per heavy atom. The number of guanidine groups is 1. The molecule has 1 aliphatic heterocycles. The van der Waals surface area contributed by atoms with Crippen molar-refractivity contribution in [3.63, 3.8) is 0 Å². The van der Waals surface area contributed by atoms with Crippen LogP contribution in [0.15, 0.2) is 29.3 Å². The van der Waals surface area contributed by atoms with Crippen LogP contribution in [0.4, 0.5) is 0 Å². The number of nitrogens with zero attached hydrogens (tertiary/aromatic N) is 1. The van der Waals surface area contributed by atoms with Gasteiger partial charge in [0.25, 0.3) is 0 Å². The highest BCUT2D eigenvalue weighted by molar-refractivity contribution is 5.79. The molecule has 6 nitrogen and oxygen atoms in total. The first-order chi connectivity index (χ1) is 11.2. The van der Waals surface area contributed by atoms with Gasteiger partial charge in [-0.05, 0) is 17.7 Å². The van der Waals surface area contributed by atoms with Crippen LogP contribution in [-0.4, -0.2) is 52.6 Å². The van der Waals surface area contributed by atoms with Crippen molar-refractivity contribution in [3.8, 4) is 5.75 Å². The molecule has 0 atom stereocenters. The van der Waals surface area contributed by atoms with Gasteiger partial charge in [0.05, 0.1) is 12.7 Å². The summed E-state index contributed by atoms with van der Waals surface area (Å²) in [6.07, 6.45) is 1.79. The molecule has 1 fully saturated rings. The van der Waals surface area contributed by atoms with E-state index in [1.165, 1.54) is 5.56 Å². The van der Waals surface area contributed by atoms with Gasteiger partial charge in [-0.1, -0.05) is 12.1 Å². The Morgan fingerprint density at radius 1 is 1.17 bits per heavy atom. The Labute approximate surface area is 138 Å². The highest BCUT2D eigenvalue weighted by atomic mass is 16.5. The smallest absolute Gasteiger partial charge is 0.191 e. The van der Waals surface area contributed by atoms with Gasteiger partial charge in [-0.3, -0.25) is 4.99 Å². The van der Waals surface area contributed by atoms with E-state index in [-0.39, 0.29) is 5.60 Å². The Balaban J connectivity index is 1.82. The molecule has 23 heavy (non-hydrogen) atoms. The topological polar surface area (TPSA) is 64.1 Å². The first-order valence-corrected chi connectivity index (χ1v) is 7.92. The van der Waals surface area contributed by atoms with E-state index < -0.39 is 0 Å². The molecule has 2 N–H and O–H groups in total. The fourth-order valence-corrected chi connectivity index (χ4v) is 2.59. The number of nitrogens with one attached hydrogen (secondary N) is 2. The van der Waals surface area contributed by atoms with Crippen LogP contribution in [0.5, 0.6) is 5.75 Å². The summed E-state index contributed by atoms with van der Waals surface area (Å²) in [5, 5.41) is 6.67. The fourth-order valence-electron chi connectivity index (χ4n) is 2.59. The molecule has 128 valence electrons. The van der Waals surface area contributed by atoms with Gasteiger partial charge in [-0.25, -0.2) is 0 Å². The predicted molar refractivity (Wildman–Crippen MR) is 91.0 cm³/mol. The summed E-state index contributed by atoms with van der Waals surface area (Å²) in [6.45, 7) is 2.91. The Hall–Kier alpha value is -1.79. The molecule has 1 aliphatic rings. The summed E-state index contributed by atoms with van der Waals surface area (Å²) < 4.78 is 16.3. The fraction of sp³-hybridized carbons (Fsp3) is 0.588. The summed E-state index contributed by atoms with van der Waals surface area (Å²) in [6, 6.07) is 7.98. The van der Waals surface area contributed by atoms with E-state index in [1.807, 2.05) is 24.3 Å². The lowest BCUT2D eigenvalue weighted by Gasteiger charge is -2.36. The second-order valence-electron chi connectivity index (χ2n) is 5.63. The van der Waals surface area contributed by atoms with E-state index in [4.69, 9.17) is 14.2 Å². The quantitative estimate of drug-likeness (QED) is 0.615. The number of ether oxygens (including phenoxy) is 3. The number of rotatable bonds is 6. The number of aliphatic imine (C=N–C) groups is 1. The van der Waals surface area contributed by atoms with Crippen molar-refractivity contribution in [2.45, 2.75) is 25.0 Å². The number of hydrogen-bond acceptors (Lipinski definition) is 4. The number of benzene rings is 1. The molecule has 1 heterocycles. The Kier molecular flexibility index (Phi) is 6.67. The van der Waals surface area contributed by atoms with Gasteiger partial charge in [0.15, 0.2) is 5.96 Å². The molecule has 0 bridgehead atoms. The normalized spacial score (nSPS) is 17.6. The first kappa shape index (κ1) is 17.6. The molecule has 0 aliphatic carbocycles. The van der Waals surface area contributed by atoms with Crippen molar-refractivity contribution in [2.75, 3.05) is 41.0 Å². The predicted octanol–water partition coefficient (Wildman–Crippen LogP) is 1.56. The minimum atomic E-state index is -0.171. The molecule has 1 aromatic carbocycles. The van der Waals surface area contributed by atoms with Crippen molar-refractivity contribution in [3.05, 3.63) is 29.8 Å². The van der Waals surface area contributed by atoms with Crippen LogP contribution in [0, 0.1) is 0 Å².